The van der Waals surface area contributed by atoms with E-state index in [0.29, 0.717) is 29.6 Å². The van der Waals surface area contributed by atoms with Crippen molar-refractivity contribution >= 4 is 5.84 Å². The van der Waals surface area contributed by atoms with Crippen LogP contribution in [0.3, 0.4) is 0 Å². The van der Waals surface area contributed by atoms with Gasteiger partial charge in [0, 0.05) is 0 Å². The number of oxime groups is 1. The quantitative estimate of drug-likeness (QED) is 0.355. The van der Waals surface area contributed by atoms with Crippen molar-refractivity contribution < 1.29 is 14.7 Å². The minimum atomic E-state index is 0.00246. The first-order valence-electron chi connectivity index (χ1n) is 5.37. The van der Waals surface area contributed by atoms with Crippen molar-refractivity contribution in [3.63, 3.8) is 0 Å². The normalized spacial score (nSPS) is 11.6. The first kappa shape index (κ1) is 13.2. The van der Waals surface area contributed by atoms with E-state index in [1.807, 2.05) is 13.8 Å². The lowest BCUT2D eigenvalue weighted by Crippen LogP contribution is -2.16. The Morgan fingerprint density at radius 3 is 2.71 bits per heavy atom. The first-order valence-corrected chi connectivity index (χ1v) is 5.37. The van der Waals surface area contributed by atoms with Crippen LogP contribution in [0, 0.1) is 5.92 Å². The van der Waals surface area contributed by atoms with Gasteiger partial charge in [0.2, 0.25) is 0 Å². The zero-order valence-electron chi connectivity index (χ0n) is 10.3. The smallest absolute Gasteiger partial charge is 0.173 e. The molecule has 0 saturated heterocycles. The van der Waals surface area contributed by atoms with Gasteiger partial charge in [-0.25, -0.2) is 0 Å². The number of para-hydroxylation sites is 1. The van der Waals surface area contributed by atoms with Gasteiger partial charge in [-0.3, -0.25) is 0 Å². The van der Waals surface area contributed by atoms with E-state index in [1.54, 1.807) is 25.3 Å². The van der Waals surface area contributed by atoms with Gasteiger partial charge in [0.15, 0.2) is 17.3 Å². The highest BCUT2D eigenvalue weighted by molar-refractivity contribution is 6.00. The third-order valence-corrected chi connectivity index (χ3v) is 2.14. The van der Waals surface area contributed by atoms with Crippen LogP contribution in [0.15, 0.2) is 23.4 Å². The summed E-state index contributed by atoms with van der Waals surface area (Å²) in [5.74, 6) is 1.44. The molecule has 0 unspecified atom stereocenters. The number of nitrogens with two attached hydrogens (primary N) is 1. The standard InChI is InChI=1S/C12H18N2O3/c1-8(2)7-17-11-9(12(13)14-15)5-4-6-10(11)16-3/h4-6,8,15H,7H2,1-3H3,(H2,13,14). The number of rotatable bonds is 5. The molecule has 1 aromatic rings. The Balaban J connectivity index is 3.11. The van der Waals surface area contributed by atoms with Crippen molar-refractivity contribution in [2.75, 3.05) is 13.7 Å². The number of hydrogen-bond donors (Lipinski definition) is 2. The van der Waals surface area contributed by atoms with Crippen molar-refractivity contribution in [1.29, 1.82) is 0 Å². The molecule has 0 bridgehead atoms. The summed E-state index contributed by atoms with van der Waals surface area (Å²) in [6.45, 7) is 4.61. The molecule has 0 aliphatic heterocycles. The van der Waals surface area contributed by atoms with Crippen molar-refractivity contribution in [3.8, 4) is 11.5 Å². The maximum Gasteiger partial charge on any atom is 0.173 e. The molecule has 3 N–H and O–H groups in total. The van der Waals surface area contributed by atoms with Crippen LogP contribution < -0.4 is 15.2 Å². The number of ether oxygens (including phenoxy) is 2. The number of hydrogen-bond acceptors (Lipinski definition) is 4. The maximum absolute atomic E-state index is 8.72. The Labute approximate surface area is 101 Å². The molecular weight excluding hydrogens is 220 g/mol. The Morgan fingerprint density at radius 2 is 2.18 bits per heavy atom. The molecule has 5 nitrogen and oxygen atoms in total. The molecule has 1 aromatic carbocycles. The highest BCUT2D eigenvalue weighted by Crippen LogP contribution is 2.31. The molecule has 0 atom stereocenters. The van der Waals surface area contributed by atoms with E-state index in [2.05, 4.69) is 5.16 Å². The second-order valence-corrected chi connectivity index (χ2v) is 4.03. The van der Waals surface area contributed by atoms with E-state index in [4.69, 9.17) is 20.4 Å². The predicted octanol–water partition coefficient (Wildman–Crippen LogP) is 1.82. The molecule has 0 amide bonds. The van der Waals surface area contributed by atoms with Crippen LogP contribution in [0.25, 0.3) is 0 Å². The summed E-state index contributed by atoms with van der Waals surface area (Å²) in [5.41, 5.74) is 6.11. The molecule has 0 heterocycles. The fourth-order valence-electron chi connectivity index (χ4n) is 1.33. The van der Waals surface area contributed by atoms with Gasteiger partial charge in [0.25, 0.3) is 0 Å². The minimum Gasteiger partial charge on any atom is -0.493 e. The Bertz CT molecular complexity index is 403. The fraction of sp³-hybridized carbons (Fsp3) is 0.417. The number of nitrogens with zero attached hydrogens (tertiary/aromatic N) is 1. The van der Waals surface area contributed by atoms with Gasteiger partial charge in [-0.15, -0.1) is 0 Å². The van der Waals surface area contributed by atoms with Gasteiger partial charge >= 0.3 is 0 Å². The molecule has 5 heteroatoms. The zero-order chi connectivity index (χ0) is 12.8. The van der Waals surface area contributed by atoms with Crippen molar-refractivity contribution in [2.24, 2.45) is 16.8 Å². The van der Waals surface area contributed by atoms with E-state index in [1.165, 1.54) is 0 Å². The van der Waals surface area contributed by atoms with Crippen LogP contribution in [-0.4, -0.2) is 24.8 Å². The number of amidine groups is 1. The lowest BCUT2D eigenvalue weighted by atomic mass is 10.1. The Hall–Kier alpha value is -1.91. The van der Waals surface area contributed by atoms with Gasteiger partial charge in [0.05, 0.1) is 19.3 Å². The molecule has 17 heavy (non-hydrogen) atoms. The van der Waals surface area contributed by atoms with Gasteiger partial charge in [0.1, 0.15) is 0 Å². The largest absolute Gasteiger partial charge is 0.493 e. The van der Waals surface area contributed by atoms with Crippen molar-refractivity contribution in [1.82, 2.24) is 0 Å². The van der Waals surface area contributed by atoms with E-state index in [9.17, 15) is 0 Å². The molecule has 0 aliphatic carbocycles. The fourth-order valence-corrected chi connectivity index (χ4v) is 1.33. The number of methoxy groups -OCH3 is 1. The van der Waals surface area contributed by atoms with Crippen molar-refractivity contribution in [2.45, 2.75) is 13.8 Å². The summed E-state index contributed by atoms with van der Waals surface area (Å²) in [7, 11) is 1.55. The molecule has 0 aromatic heterocycles. The lowest BCUT2D eigenvalue weighted by Gasteiger charge is -2.15. The Morgan fingerprint density at radius 1 is 1.47 bits per heavy atom. The van der Waals surface area contributed by atoms with Gasteiger partial charge in [-0.2, -0.15) is 0 Å². The van der Waals surface area contributed by atoms with Crippen LogP contribution in [0.1, 0.15) is 19.4 Å². The average Bonchev–Trinajstić information content (AvgIpc) is 2.34. The molecule has 0 saturated carbocycles. The molecule has 0 radical (unpaired) electrons. The summed E-state index contributed by atoms with van der Waals surface area (Å²) >= 11 is 0. The maximum atomic E-state index is 8.72. The van der Waals surface area contributed by atoms with Crippen LogP contribution in [-0.2, 0) is 0 Å². The van der Waals surface area contributed by atoms with Crippen LogP contribution in [0.4, 0.5) is 0 Å². The number of benzene rings is 1. The Kier molecular flexibility index (Phi) is 4.63. The highest BCUT2D eigenvalue weighted by Gasteiger charge is 2.14. The van der Waals surface area contributed by atoms with E-state index in [-0.39, 0.29) is 5.84 Å². The topological polar surface area (TPSA) is 77.1 Å². The predicted molar refractivity (Wildman–Crippen MR) is 65.8 cm³/mol. The SMILES string of the molecule is COc1cccc(/C(N)=N/O)c1OCC(C)C. The zero-order valence-corrected chi connectivity index (χ0v) is 10.3. The van der Waals surface area contributed by atoms with Crippen LogP contribution >= 0.6 is 0 Å². The second kappa shape index (κ2) is 5.98. The van der Waals surface area contributed by atoms with Crippen LogP contribution in [0.5, 0.6) is 11.5 Å². The summed E-state index contributed by atoms with van der Waals surface area (Å²) < 4.78 is 10.8. The molecular formula is C12H18N2O3. The highest BCUT2D eigenvalue weighted by atomic mass is 16.5. The van der Waals surface area contributed by atoms with E-state index >= 15 is 0 Å². The average molecular weight is 238 g/mol. The summed E-state index contributed by atoms with van der Waals surface area (Å²) in [6, 6.07) is 5.24. The second-order valence-electron chi connectivity index (χ2n) is 4.03. The minimum absolute atomic E-state index is 0.00246. The van der Waals surface area contributed by atoms with E-state index in [0.717, 1.165) is 0 Å². The van der Waals surface area contributed by atoms with Gasteiger partial charge < -0.3 is 20.4 Å². The molecule has 0 fully saturated rings. The first-order chi connectivity index (χ1) is 8.10. The molecule has 0 aliphatic rings. The van der Waals surface area contributed by atoms with Crippen LogP contribution in [0.2, 0.25) is 0 Å². The van der Waals surface area contributed by atoms with Gasteiger partial charge in [-0.05, 0) is 18.1 Å². The molecule has 0 spiro atoms. The summed E-state index contributed by atoms with van der Waals surface area (Å²) in [5, 5.41) is 11.7. The van der Waals surface area contributed by atoms with E-state index < -0.39 is 0 Å². The van der Waals surface area contributed by atoms with Crippen molar-refractivity contribution in [3.05, 3.63) is 23.8 Å². The molecule has 94 valence electrons. The molecule has 1 rings (SSSR count). The third-order valence-electron chi connectivity index (χ3n) is 2.14. The monoisotopic (exact) mass is 238 g/mol. The third kappa shape index (κ3) is 3.27. The lowest BCUT2D eigenvalue weighted by molar-refractivity contribution is 0.256. The summed E-state index contributed by atoms with van der Waals surface area (Å²) in [6.07, 6.45) is 0. The summed E-state index contributed by atoms with van der Waals surface area (Å²) in [4.78, 5) is 0. The van der Waals surface area contributed by atoms with Gasteiger partial charge in [-0.1, -0.05) is 25.1 Å².